The van der Waals surface area contributed by atoms with Crippen molar-refractivity contribution in [2.45, 2.75) is 43.9 Å². The first-order valence-electron chi connectivity index (χ1n) is 22.5. The Morgan fingerprint density at radius 3 is 1.57 bits per heavy atom. The highest BCUT2D eigenvalue weighted by atomic mass is 15.1. The first-order valence-corrected chi connectivity index (χ1v) is 22.5. The minimum atomic E-state index is 0.393. The SMILES string of the molecule is c1ccc(-c2ccc(N(c3ccc(-c4ccc(-c5ccccc5-n5c6ccccc6c6ccccc65)cc4)cc3)c3ccc(C45C[C@@H]6CC7C[C@](C6)(C4)[C@@H]7C5)cc3)cc2)cc1. The van der Waals surface area contributed by atoms with Crippen LogP contribution in [0.2, 0.25) is 0 Å². The maximum atomic E-state index is 2.50. The maximum absolute atomic E-state index is 2.50. The molecule has 294 valence electrons. The largest absolute Gasteiger partial charge is 0.311 e. The summed E-state index contributed by atoms with van der Waals surface area (Å²) < 4.78 is 2.42. The van der Waals surface area contributed by atoms with Crippen molar-refractivity contribution in [1.29, 1.82) is 0 Å². The summed E-state index contributed by atoms with van der Waals surface area (Å²) in [6.45, 7) is 0. The van der Waals surface area contributed by atoms with E-state index in [-0.39, 0.29) is 0 Å². The minimum absolute atomic E-state index is 0.393. The van der Waals surface area contributed by atoms with Gasteiger partial charge in [0.05, 0.1) is 16.7 Å². The number of hydrogen-bond donors (Lipinski definition) is 0. The summed E-state index contributed by atoms with van der Waals surface area (Å²) in [5.74, 6) is 2.95. The fraction of sp³-hybridized carbons (Fsp3) is 0.186. The topological polar surface area (TPSA) is 8.17 Å². The first kappa shape index (κ1) is 35.1. The number of fused-ring (bicyclic) bond motifs is 4. The van der Waals surface area contributed by atoms with Crippen molar-refractivity contribution in [2.75, 3.05) is 4.90 Å². The van der Waals surface area contributed by atoms with Crippen LogP contribution in [-0.2, 0) is 5.41 Å². The van der Waals surface area contributed by atoms with Crippen molar-refractivity contribution in [3.05, 3.63) is 206 Å². The first-order chi connectivity index (χ1) is 30.1. The molecule has 1 spiro atoms. The van der Waals surface area contributed by atoms with Crippen molar-refractivity contribution in [2.24, 2.45) is 23.2 Å². The summed E-state index contributed by atoms with van der Waals surface area (Å²) in [5.41, 5.74) is 17.2. The number of aromatic nitrogens is 1. The summed E-state index contributed by atoms with van der Waals surface area (Å²) in [6.07, 6.45) is 8.78. The van der Waals surface area contributed by atoms with Crippen LogP contribution in [0.25, 0.3) is 60.9 Å². The molecule has 2 unspecified atom stereocenters. The van der Waals surface area contributed by atoms with Gasteiger partial charge < -0.3 is 9.47 Å². The highest BCUT2D eigenvalue weighted by molar-refractivity contribution is 6.09. The zero-order valence-electron chi connectivity index (χ0n) is 34.4. The van der Waals surface area contributed by atoms with Gasteiger partial charge in [0, 0.05) is 33.4 Å². The average molecular weight is 785 g/mol. The molecule has 0 radical (unpaired) electrons. The van der Waals surface area contributed by atoms with Crippen LogP contribution in [0.4, 0.5) is 17.1 Å². The molecule has 8 aromatic carbocycles. The van der Waals surface area contributed by atoms with E-state index in [9.17, 15) is 0 Å². The Bertz CT molecular complexity index is 3030. The number of hydrogen-bond acceptors (Lipinski definition) is 1. The molecule has 9 aromatic rings. The molecule has 0 amide bonds. The average Bonchev–Trinajstić information content (AvgIpc) is 3.71. The van der Waals surface area contributed by atoms with E-state index >= 15 is 0 Å². The third-order valence-corrected chi connectivity index (χ3v) is 15.7. The molecular weight excluding hydrogens is 737 g/mol. The lowest BCUT2D eigenvalue weighted by atomic mass is 9.44. The summed E-state index contributed by atoms with van der Waals surface area (Å²) in [6, 6.07) is 74.2. The quantitative estimate of drug-likeness (QED) is 0.149. The van der Waals surface area contributed by atoms with Crippen LogP contribution in [0, 0.1) is 23.2 Å². The molecule has 61 heavy (non-hydrogen) atoms. The van der Waals surface area contributed by atoms with Crippen LogP contribution >= 0.6 is 0 Å². The van der Waals surface area contributed by atoms with Crippen LogP contribution in [0.3, 0.4) is 0 Å². The second-order valence-electron chi connectivity index (χ2n) is 18.9. The number of rotatable bonds is 8. The summed E-state index contributed by atoms with van der Waals surface area (Å²) in [5, 5.41) is 2.56. The fourth-order valence-corrected chi connectivity index (χ4v) is 13.3. The van der Waals surface area contributed by atoms with E-state index in [1.54, 1.807) is 5.56 Å². The van der Waals surface area contributed by atoms with E-state index in [4.69, 9.17) is 0 Å². The molecule has 5 aliphatic carbocycles. The van der Waals surface area contributed by atoms with Gasteiger partial charge in [0.25, 0.3) is 0 Å². The molecule has 0 N–H and O–H groups in total. The molecule has 5 aliphatic rings. The number of benzene rings is 8. The molecular formula is C59H48N2. The molecule has 4 bridgehead atoms. The van der Waals surface area contributed by atoms with Crippen LogP contribution in [-0.4, -0.2) is 4.57 Å². The Balaban J connectivity index is 0.827. The molecule has 1 heterocycles. The third-order valence-electron chi connectivity index (χ3n) is 15.7. The molecule has 0 saturated heterocycles. The Kier molecular flexibility index (Phi) is 7.74. The number of anilines is 3. The van der Waals surface area contributed by atoms with Crippen molar-refractivity contribution in [3.63, 3.8) is 0 Å². The van der Waals surface area contributed by atoms with Gasteiger partial charge in [-0.05, 0) is 155 Å². The van der Waals surface area contributed by atoms with Crippen LogP contribution < -0.4 is 4.90 Å². The Hall–Kier alpha value is -6.64. The van der Waals surface area contributed by atoms with Gasteiger partial charge in [-0.2, -0.15) is 0 Å². The molecule has 2 nitrogen and oxygen atoms in total. The Morgan fingerprint density at radius 1 is 0.426 bits per heavy atom. The Labute approximate surface area is 358 Å². The maximum Gasteiger partial charge on any atom is 0.0541 e. The lowest BCUT2D eigenvalue weighted by Crippen LogP contribution is -2.52. The van der Waals surface area contributed by atoms with E-state index in [0.29, 0.717) is 10.8 Å². The van der Waals surface area contributed by atoms with E-state index in [0.717, 1.165) is 23.4 Å². The van der Waals surface area contributed by atoms with Crippen LogP contribution in [0.5, 0.6) is 0 Å². The van der Waals surface area contributed by atoms with Crippen molar-refractivity contribution in [3.8, 4) is 39.1 Å². The minimum Gasteiger partial charge on any atom is -0.311 e. The smallest absolute Gasteiger partial charge is 0.0541 e. The van der Waals surface area contributed by atoms with E-state index in [1.807, 2.05) is 0 Å². The third kappa shape index (κ3) is 5.47. The lowest BCUT2D eigenvalue weighted by Gasteiger charge is -2.61. The van der Waals surface area contributed by atoms with Gasteiger partial charge in [0.1, 0.15) is 0 Å². The molecule has 1 aromatic heterocycles. The second kappa shape index (κ2) is 13.4. The van der Waals surface area contributed by atoms with Crippen molar-refractivity contribution >= 4 is 38.9 Å². The highest BCUT2D eigenvalue weighted by Crippen LogP contribution is 2.78. The fourth-order valence-electron chi connectivity index (χ4n) is 13.3. The van der Waals surface area contributed by atoms with E-state index in [1.165, 1.54) is 111 Å². The summed E-state index contributed by atoms with van der Waals surface area (Å²) >= 11 is 0. The normalized spacial score (nSPS) is 23.3. The molecule has 14 rings (SSSR count). The van der Waals surface area contributed by atoms with Gasteiger partial charge in [-0.15, -0.1) is 0 Å². The molecule has 5 fully saturated rings. The number of nitrogens with zero attached hydrogens (tertiary/aromatic N) is 2. The van der Waals surface area contributed by atoms with E-state index < -0.39 is 0 Å². The van der Waals surface area contributed by atoms with Gasteiger partial charge in [-0.1, -0.05) is 146 Å². The van der Waals surface area contributed by atoms with Crippen LogP contribution in [0.15, 0.2) is 200 Å². The van der Waals surface area contributed by atoms with E-state index in [2.05, 4.69) is 210 Å². The predicted octanol–water partition coefficient (Wildman–Crippen LogP) is 15.7. The monoisotopic (exact) mass is 784 g/mol. The molecule has 0 aliphatic heterocycles. The van der Waals surface area contributed by atoms with Crippen LogP contribution in [0.1, 0.15) is 44.1 Å². The summed E-state index contributed by atoms with van der Waals surface area (Å²) in [7, 11) is 0. The molecule has 2 heteroatoms. The lowest BCUT2D eigenvalue weighted by molar-refractivity contribution is -0.104. The van der Waals surface area contributed by atoms with Gasteiger partial charge in [0.15, 0.2) is 0 Å². The molecule has 5 atom stereocenters. The highest BCUT2D eigenvalue weighted by Gasteiger charge is 2.70. The van der Waals surface area contributed by atoms with Crippen molar-refractivity contribution in [1.82, 2.24) is 4.57 Å². The van der Waals surface area contributed by atoms with Gasteiger partial charge in [0.2, 0.25) is 0 Å². The Morgan fingerprint density at radius 2 is 0.934 bits per heavy atom. The standard InChI is InChI=1S/C59H48N2/c1-2-10-41(11-3-1)43-22-28-48(29-23-43)60(50-32-26-47(27-33-50)58-35-40-34-46-37-59(36-40,39-58)54(46)38-58)49-30-24-44(25-31-49)42-18-20-45(21-19-42)51-12-4-7-15-55(51)61-56-16-8-5-13-52(56)53-14-6-9-17-57(53)61/h1-33,40,46,54H,34-39H2/t40-,46?,54+,58?,59+/m0/s1. The zero-order chi connectivity index (χ0) is 40.1. The number of para-hydroxylation sites is 3. The zero-order valence-corrected chi connectivity index (χ0v) is 34.4. The van der Waals surface area contributed by atoms with Gasteiger partial charge >= 0.3 is 0 Å². The predicted molar refractivity (Wildman–Crippen MR) is 254 cm³/mol. The van der Waals surface area contributed by atoms with Gasteiger partial charge in [-0.3, -0.25) is 0 Å². The summed E-state index contributed by atoms with van der Waals surface area (Å²) in [4.78, 5) is 2.44. The van der Waals surface area contributed by atoms with Crippen molar-refractivity contribution < 1.29 is 0 Å². The molecule has 5 saturated carbocycles. The second-order valence-corrected chi connectivity index (χ2v) is 18.9. The van der Waals surface area contributed by atoms with Gasteiger partial charge in [-0.25, -0.2) is 0 Å².